The van der Waals surface area contributed by atoms with Crippen LogP contribution < -0.4 is 0 Å². The maximum atomic E-state index is 11.0. The van der Waals surface area contributed by atoms with E-state index in [1.165, 1.54) is 10.8 Å². The molecule has 0 fully saturated rings. The summed E-state index contributed by atoms with van der Waals surface area (Å²) in [5, 5.41) is 61.5. The minimum absolute atomic E-state index is 0.200. The molecule has 0 saturated carbocycles. The average molecular weight is 702 g/mol. The van der Waals surface area contributed by atoms with Crippen LogP contribution in [0.4, 0.5) is 0 Å². The molecular weight excluding hydrogens is 671 g/mol. The van der Waals surface area contributed by atoms with Gasteiger partial charge in [-0.05, 0) is 83.9 Å². The van der Waals surface area contributed by atoms with E-state index in [0.717, 1.165) is 76.7 Å². The number of H-pyrrole nitrogens is 1. The van der Waals surface area contributed by atoms with Gasteiger partial charge in [0.2, 0.25) is 17.2 Å². The van der Waals surface area contributed by atoms with Crippen molar-refractivity contribution in [3.05, 3.63) is 152 Å². The van der Waals surface area contributed by atoms with Crippen LogP contribution >= 0.6 is 0 Å². The molecule has 0 amide bonds. The van der Waals surface area contributed by atoms with Crippen molar-refractivity contribution in [1.29, 1.82) is 0 Å². The minimum atomic E-state index is -0.999. The van der Waals surface area contributed by atoms with Gasteiger partial charge in [0.05, 0.1) is 11.1 Å². The molecule has 0 aliphatic rings. The lowest BCUT2D eigenvalue weighted by Gasteiger charge is -2.20. The number of fused-ring (bicyclic) bond motifs is 6. The van der Waals surface area contributed by atoms with E-state index in [2.05, 4.69) is 108 Å². The first kappa shape index (κ1) is 31.3. The zero-order valence-electron chi connectivity index (χ0n) is 28.7. The van der Waals surface area contributed by atoms with Crippen LogP contribution in [0.25, 0.3) is 98.6 Å². The number of phenolic OH excluding ortho intramolecular Hbond substituents is 5. The third-order valence-electron chi connectivity index (χ3n) is 10.8. The first-order chi connectivity index (χ1) is 26.4. The molecule has 1 aromatic heterocycles. The van der Waals surface area contributed by atoms with Gasteiger partial charge in [0.15, 0.2) is 11.5 Å². The van der Waals surface area contributed by atoms with Crippen molar-refractivity contribution < 1.29 is 25.5 Å². The van der Waals surface area contributed by atoms with Crippen molar-refractivity contribution >= 4 is 54.1 Å². The molecule has 54 heavy (non-hydrogen) atoms. The van der Waals surface area contributed by atoms with E-state index in [4.69, 9.17) is 0 Å². The van der Waals surface area contributed by atoms with Gasteiger partial charge in [-0.3, -0.25) is 0 Å². The number of hydrogen-bond donors (Lipinski definition) is 6. The Kier molecular flexibility index (Phi) is 6.84. The Morgan fingerprint density at radius 3 is 1.63 bits per heavy atom. The summed E-state index contributed by atoms with van der Waals surface area (Å²) >= 11 is 0. The van der Waals surface area contributed by atoms with Crippen molar-refractivity contribution in [2.75, 3.05) is 0 Å². The highest BCUT2D eigenvalue weighted by Crippen LogP contribution is 2.56. The van der Waals surface area contributed by atoms with Crippen molar-refractivity contribution in [3.63, 3.8) is 0 Å². The van der Waals surface area contributed by atoms with Gasteiger partial charge in [0, 0.05) is 21.9 Å². The van der Waals surface area contributed by atoms with Crippen LogP contribution in [0.1, 0.15) is 0 Å². The van der Waals surface area contributed by atoms with Gasteiger partial charge in [-0.2, -0.15) is 0 Å². The zero-order chi connectivity index (χ0) is 36.7. The van der Waals surface area contributed by atoms with Crippen molar-refractivity contribution in [2.24, 2.45) is 0 Å². The fourth-order valence-corrected chi connectivity index (χ4v) is 8.17. The summed E-state index contributed by atoms with van der Waals surface area (Å²) in [5.41, 5.74) is 8.25. The number of aromatic nitrogens is 1. The molecule has 0 aliphatic heterocycles. The summed E-state index contributed by atoms with van der Waals surface area (Å²) in [6, 6.07) is 51.7. The van der Waals surface area contributed by atoms with Gasteiger partial charge in [0.25, 0.3) is 0 Å². The van der Waals surface area contributed by atoms with E-state index >= 15 is 0 Å². The number of rotatable bonds is 4. The third-order valence-corrected chi connectivity index (χ3v) is 10.8. The molecule has 0 atom stereocenters. The molecule has 6 heteroatoms. The topological polar surface area (TPSA) is 117 Å². The Balaban J connectivity index is 1.27. The molecule has 1 heterocycles. The quantitative estimate of drug-likeness (QED) is 0.0620. The van der Waals surface area contributed by atoms with E-state index in [-0.39, 0.29) is 5.56 Å². The SMILES string of the molecule is Oc1c(O)c(O)c(-c2ccc3c(-c4ccc(-c5ccc6ccccc6c5)cc4)c4ccccc4c(-c4cccc5c4[nH]c4ccccc45)c3c2)c(O)c1O. The first-order valence-electron chi connectivity index (χ1n) is 17.6. The molecule has 0 unspecified atom stereocenters. The van der Waals surface area contributed by atoms with Crippen LogP contribution in [-0.2, 0) is 0 Å². The summed E-state index contributed by atoms with van der Waals surface area (Å²) in [7, 11) is 0. The first-order valence-corrected chi connectivity index (χ1v) is 17.6. The highest BCUT2D eigenvalue weighted by molar-refractivity contribution is 6.25. The van der Waals surface area contributed by atoms with Crippen molar-refractivity contribution in [1.82, 2.24) is 4.98 Å². The van der Waals surface area contributed by atoms with Gasteiger partial charge in [-0.1, -0.05) is 133 Å². The average Bonchev–Trinajstić information content (AvgIpc) is 3.60. The molecule has 9 aromatic carbocycles. The Labute approximate surface area is 308 Å². The molecule has 0 aliphatic carbocycles. The second-order valence-corrected chi connectivity index (χ2v) is 13.7. The molecular formula is C48H31NO5. The summed E-state index contributed by atoms with van der Waals surface area (Å²) in [5.74, 6) is -4.33. The Hall–Kier alpha value is -7.44. The molecule has 10 rings (SSSR count). The lowest BCUT2D eigenvalue weighted by atomic mass is 9.84. The fourth-order valence-electron chi connectivity index (χ4n) is 8.17. The smallest absolute Gasteiger partial charge is 0.208 e. The molecule has 0 saturated heterocycles. The van der Waals surface area contributed by atoms with Crippen LogP contribution in [-0.4, -0.2) is 30.5 Å². The van der Waals surface area contributed by atoms with E-state index in [1.54, 1.807) is 6.07 Å². The highest BCUT2D eigenvalue weighted by atomic mass is 16.4. The number of nitrogens with one attached hydrogen (secondary N) is 1. The van der Waals surface area contributed by atoms with Crippen LogP contribution in [0, 0.1) is 0 Å². The van der Waals surface area contributed by atoms with Gasteiger partial charge in [0.1, 0.15) is 0 Å². The lowest BCUT2D eigenvalue weighted by Crippen LogP contribution is -1.93. The largest absolute Gasteiger partial charge is 0.504 e. The second kappa shape index (κ2) is 11.8. The van der Waals surface area contributed by atoms with Crippen LogP contribution in [0.5, 0.6) is 28.7 Å². The summed E-state index contributed by atoms with van der Waals surface area (Å²) in [4.78, 5) is 3.67. The molecule has 6 nitrogen and oxygen atoms in total. The summed E-state index contributed by atoms with van der Waals surface area (Å²) in [6.45, 7) is 0. The molecule has 0 radical (unpaired) electrons. The molecule has 258 valence electrons. The highest BCUT2D eigenvalue weighted by Gasteiger charge is 2.26. The van der Waals surface area contributed by atoms with Crippen LogP contribution in [0.15, 0.2) is 152 Å². The molecule has 6 N–H and O–H groups in total. The number of benzene rings is 9. The number of aromatic amines is 1. The Morgan fingerprint density at radius 1 is 0.315 bits per heavy atom. The van der Waals surface area contributed by atoms with Gasteiger partial charge in [-0.25, -0.2) is 0 Å². The standard InChI is InChI=1S/C48H31NO5/c50-44-41(45(51)47(53)48(54)46(44)52)31-22-23-35-38(25-31)42(37-14-7-13-36-32-10-5-6-15-39(32)49-43(36)37)34-12-4-3-11-33(34)40(35)28-19-16-27(17-20-28)30-21-18-26-8-1-2-9-29(26)24-30/h1-25,49-54H. The molecule has 10 aromatic rings. The maximum Gasteiger partial charge on any atom is 0.208 e. The zero-order valence-corrected chi connectivity index (χ0v) is 28.7. The second-order valence-electron chi connectivity index (χ2n) is 13.7. The maximum absolute atomic E-state index is 11.0. The monoisotopic (exact) mass is 701 g/mol. The van der Waals surface area contributed by atoms with Gasteiger partial charge < -0.3 is 30.5 Å². The van der Waals surface area contributed by atoms with Crippen molar-refractivity contribution in [2.45, 2.75) is 0 Å². The molecule has 0 bridgehead atoms. The van der Waals surface area contributed by atoms with Crippen LogP contribution in [0.2, 0.25) is 0 Å². The summed E-state index contributed by atoms with van der Waals surface area (Å²) < 4.78 is 0. The minimum Gasteiger partial charge on any atom is -0.504 e. The van der Waals surface area contributed by atoms with E-state index < -0.39 is 28.7 Å². The third kappa shape index (κ3) is 4.60. The number of para-hydroxylation sites is 2. The lowest BCUT2D eigenvalue weighted by molar-refractivity contribution is 0.330. The Bertz CT molecular complexity index is 3130. The van der Waals surface area contributed by atoms with Gasteiger partial charge >= 0.3 is 0 Å². The van der Waals surface area contributed by atoms with Gasteiger partial charge in [-0.15, -0.1) is 0 Å². The normalized spacial score (nSPS) is 11.7. The fraction of sp³-hybridized carbons (Fsp3) is 0. The predicted octanol–water partition coefficient (Wildman–Crippen LogP) is 12.0. The van der Waals surface area contributed by atoms with Crippen molar-refractivity contribution in [3.8, 4) is 73.3 Å². The predicted molar refractivity (Wildman–Crippen MR) is 218 cm³/mol. The number of phenols is 5. The molecule has 0 spiro atoms. The summed E-state index contributed by atoms with van der Waals surface area (Å²) in [6.07, 6.45) is 0. The van der Waals surface area contributed by atoms with E-state index in [1.807, 2.05) is 42.5 Å². The Morgan fingerprint density at radius 2 is 0.870 bits per heavy atom. The van der Waals surface area contributed by atoms with E-state index in [9.17, 15) is 25.5 Å². The van der Waals surface area contributed by atoms with E-state index in [0.29, 0.717) is 5.56 Å². The number of aromatic hydroxyl groups is 5. The van der Waals surface area contributed by atoms with Crippen LogP contribution in [0.3, 0.4) is 0 Å². The number of hydrogen-bond acceptors (Lipinski definition) is 5.